The molecule has 0 aromatic heterocycles. The predicted molar refractivity (Wildman–Crippen MR) is 121 cm³/mol. The Morgan fingerprint density at radius 2 is 1.81 bits per heavy atom. The van der Waals surface area contributed by atoms with Crippen LogP contribution >= 0.6 is 23.2 Å². The second-order valence-corrected chi connectivity index (χ2v) is 9.91. The van der Waals surface area contributed by atoms with E-state index in [2.05, 4.69) is 10.2 Å². The van der Waals surface area contributed by atoms with Crippen LogP contribution in [0.2, 0.25) is 10.0 Å². The highest BCUT2D eigenvalue weighted by Crippen LogP contribution is 2.25. The third-order valence-electron chi connectivity index (χ3n) is 4.92. The number of ether oxygens (including phenoxy) is 1. The van der Waals surface area contributed by atoms with E-state index in [1.807, 2.05) is 0 Å². The summed E-state index contributed by atoms with van der Waals surface area (Å²) in [5.74, 6) is -0.377. The van der Waals surface area contributed by atoms with Crippen LogP contribution in [0, 0.1) is 0 Å². The third kappa shape index (κ3) is 6.90. The van der Waals surface area contributed by atoms with E-state index < -0.39 is 10.0 Å². The summed E-state index contributed by atoms with van der Waals surface area (Å²) in [5.41, 5.74) is 0.562. The van der Waals surface area contributed by atoms with E-state index in [-0.39, 0.29) is 23.9 Å². The van der Waals surface area contributed by atoms with Crippen molar-refractivity contribution < 1.29 is 17.9 Å². The molecule has 1 saturated heterocycles. The quantitative estimate of drug-likeness (QED) is 0.590. The summed E-state index contributed by atoms with van der Waals surface area (Å²) < 4.78 is 32.9. The fraction of sp³-hybridized carbons (Fsp3) is 0.381. The molecule has 7 nitrogen and oxygen atoms in total. The van der Waals surface area contributed by atoms with Crippen molar-refractivity contribution >= 4 is 39.1 Å². The Hall–Kier alpha value is -1.68. The number of halogens is 2. The fourth-order valence-electron chi connectivity index (χ4n) is 3.20. The zero-order valence-electron chi connectivity index (χ0n) is 17.0. The first-order valence-corrected chi connectivity index (χ1v) is 12.1. The molecule has 0 spiro atoms. The molecule has 0 atom stereocenters. The molecule has 0 saturated carbocycles. The van der Waals surface area contributed by atoms with Crippen molar-refractivity contribution in [2.45, 2.75) is 11.4 Å². The van der Waals surface area contributed by atoms with Crippen LogP contribution in [0.25, 0.3) is 0 Å². The normalized spacial score (nSPS) is 15.2. The van der Waals surface area contributed by atoms with Crippen molar-refractivity contribution in [2.75, 3.05) is 45.9 Å². The van der Waals surface area contributed by atoms with Gasteiger partial charge < -0.3 is 10.1 Å². The van der Waals surface area contributed by atoms with E-state index in [0.29, 0.717) is 41.9 Å². The summed E-state index contributed by atoms with van der Waals surface area (Å²) >= 11 is 12.2. The van der Waals surface area contributed by atoms with Gasteiger partial charge in [-0.15, -0.1) is 0 Å². The molecule has 0 bridgehead atoms. The summed E-state index contributed by atoms with van der Waals surface area (Å²) in [6.07, 6.45) is 0. The molecule has 1 amide bonds. The Bertz CT molecular complexity index is 983. The first-order chi connectivity index (χ1) is 14.9. The minimum atomic E-state index is -3.91. The van der Waals surface area contributed by atoms with Gasteiger partial charge in [-0.2, -0.15) is 4.31 Å². The lowest BCUT2D eigenvalue weighted by Crippen LogP contribution is -2.44. The smallest absolute Gasteiger partial charge is 0.243 e. The summed E-state index contributed by atoms with van der Waals surface area (Å²) in [6, 6.07) is 12.9. The molecule has 2 aromatic rings. The number of rotatable bonds is 9. The molecular weight excluding hydrogens is 461 g/mol. The number of nitrogens with zero attached hydrogens (tertiary/aromatic N) is 2. The zero-order valence-corrected chi connectivity index (χ0v) is 19.3. The van der Waals surface area contributed by atoms with E-state index in [9.17, 15) is 13.2 Å². The van der Waals surface area contributed by atoms with Gasteiger partial charge in [0.2, 0.25) is 15.9 Å². The van der Waals surface area contributed by atoms with Gasteiger partial charge in [-0.3, -0.25) is 9.69 Å². The number of hydrogen-bond donors (Lipinski definition) is 1. The molecule has 1 heterocycles. The zero-order chi connectivity index (χ0) is 22.3. The molecule has 1 aliphatic rings. The van der Waals surface area contributed by atoms with Crippen molar-refractivity contribution in [3.8, 4) is 0 Å². The van der Waals surface area contributed by atoms with Crippen molar-refractivity contribution in [1.29, 1.82) is 0 Å². The molecule has 0 unspecified atom stereocenters. The second-order valence-electron chi connectivity index (χ2n) is 7.13. The van der Waals surface area contributed by atoms with E-state index in [1.54, 1.807) is 36.4 Å². The maximum atomic E-state index is 13.2. The number of amides is 1. The van der Waals surface area contributed by atoms with Crippen LogP contribution in [0.3, 0.4) is 0 Å². The lowest BCUT2D eigenvalue weighted by Gasteiger charge is -2.27. The average molecular weight is 486 g/mol. The molecular formula is C21H25Cl2N3O4S. The van der Waals surface area contributed by atoms with Gasteiger partial charge in [0.1, 0.15) is 0 Å². The molecule has 0 radical (unpaired) electrons. The maximum absolute atomic E-state index is 13.2. The summed E-state index contributed by atoms with van der Waals surface area (Å²) in [6.45, 7) is 3.74. The Balaban J connectivity index is 1.71. The lowest BCUT2D eigenvalue weighted by molar-refractivity contribution is -0.121. The number of hydrogen-bond acceptors (Lipinski definition) is 5. The van der Waals surface area contributed by atoms with Crippen molar-refractivity contribution in [1.82, 2.24) is 14.5 Å². The Morgan fingerprint density at radius 1 is 1.10 bits per heavy atom. The van der Waals surface area contributed by atoms with E-state index in [4.69, 9.17) is 27.9 Å². The van der Waals surface area contributed by atoms with E-state index >= 15 is 0 Å². The number of morpholine rings is 1. The van der Waals surface area contributed by atoms with Crippen molar-refractivity contribution in [3.05, 3.63) is 64.1 Å². The topological polar surface area (TPSA) is 79.0 Å². The molecule has 1 N–H and O–H groups in total. The molecule has 10 heteroatoms. The minimum absolute atomic E-state index is 0.0515. The number of carbonyl (C=O) groups excluding carboxylic acids is 1. The minimum Gasteiger partial charge on any atom is -0.379 e. The Labute approximate surface area is 192 Å². The SMILES string of the molecule is O=C(CN(Cc1ccc(Cl)cc1Cl)S(=O)(=O)c1ccccc1)NCCN1CCOCC1. The molecule has 1 aliphatic heterocycles. The Kier molecular flexibility index (Phi) is 8.71. The second kappa shape index (κ2) is 11.3. The summed E-state index contributed by atoms with van der Waals surface area (Å²) in [4.78, 5) is 14.9. The van der Waals surface area contributed by atoms with Gasteiger partial charge in [-0.25, -0.2) is 8.42 Å². The van der Waals surface area contributed by atoms with Gasteiger partial charge in [0.25, 0.3) is 0 Å². The first-order valence-electron chi connectivity index (χ1n) is 9.92. The summed E-state index contributed by atoms with van der Waals surface area (Å²) in [5, 5.41) is 3.60. The molecule has 0 aliphatic carbocycles. The largest absolute Gasteiger partial charge is 0.379 e. The van der Waals surface area contributed by atoms with Crippen LogP contribution in [0.1, 0.15) is 5.56 Å². The number of benzene rings is 2. The monoisotopic (exact) mass is 485 g/mol. The highest BCUT2D eigenvalue weighted by atomic mass is 35.5. The van der Waals surface area contributed by atoms with E-state index in [0.717, 1.165) is 17.4 Å². The molecule has 2 aromatic carbocycles. The van der Waals surface area contributed by atoms with Gasteiger partial charge in [-0.05, 0) is 29.8 Å². The molecule has 31 heavy (non-hydrogen) atoms. The van der Waals surface area contributed by atoms with Crippen LogP contribution in [-0.2, 0) is 26.1 Å². The molecule has 1 fully saturated rings. The van der Waals surface area contributed by atoms with Crippen LogP contribution in [0.4, 0.5) is 0 Å². The van der Waals surface area contributed by atoms with Crippen LogP contribution in [-0.4, -0.2) is 69.5 Å². The molecule has 168 valence electrons. The van der Waals surface area contributed by atoms with Gasteiger partial charge >= 0.3 is 0 Å². The van der Waals surface area contributed by atoms with Crippen LogP contribution < -0.4 is 5.32 Å². The maximum Gasteiger partial charge on any atom is 0.243 e. The highest BCUT2D eigenvalue weighted by Gasteiger charge is 2.27. The first kappa shape index (κ1) is 24.0. The van der Waals surface area contributed by atoms with Crippen LogP contribution in [0.5, 0.6) is 0 Å². The van der Waals surface area contributed by atoms with Gasteiger partial charge in [0.05, 0.1) is 24.7 Å². The Morgan fingerprint density at radius 3 is 2.48 bits per heavy atom. The number of sulfonamides is 1. The standard InChI is InChI=1S/C21H25Cl2N3O4S/c22-18-7-6-17(20(23)14-18)15-26(31(28,29)19-4-2-1-3-5-19)16-21(27)24-8-9-25-10-12-30-13-11-25/h1-7,14H,8-13,15-16H2,(H,24,27). The van der Waals surface area contributed by atoms with Gasteiger partial charge in [0, 0.05) is 42.8 Å². The fourth-order valence-corrected chi connectivity index (χ4v) is 5.07. The lowest BCUT2D eigenvalue weighted by atomic mass is 10.2. The average Bonchev–Trinajstić information content (AvgIpc) is 2.76. The van der Waals surface area contributed by atoms with Gasteiger partial charge in [-0.1, -0.05) is 47.5 Å². The third-order valence-corrected chi connectivity index (χ3v) is 7.31. The predicted octanol–water partition coefficient (Wildman–Crippen LogP) is 2.63. The molecule has 3 rings (SSSR count). The number of nitrogens with one attached hydrogen (secondary N) is 1. The van der Waals surface area contributed by atoms with Crippen molar-refractivity contribution in [3.63, 3.8) is 0 Å². The number of carbonyl (C=O) groups is 1. The summed E-state index contributed by atoms with van der Waals surface area (Å²) in [7, 11) is -3.91. The van der Waals surface area contributed by atoms with Gasteiger partial charge in [0.15, 0.2) is 0 Å². The van der Waals surface area contributed by atoms with Crippen LogP contribution in [0.15, 0.2) is 53.4 Å². The van der Waals surface area contributed by atoms with Crippen molar-refractivity contribution in [2.24, 2.45) is 0 Å². The van der Waals surface area contributed by atoms with E-state index in [1.165, 1.54) is 12.1 Å². The highest BCUT2D eigenvalue weighted by molar-refractivity contribution is 7.89.